The highest BCUT2D eigenvalue weighted by atomic mass is 16.2. The summed E-state index contributed by atoms with van der Waals surface area (Å²) in [6.07, 6.45) is 5.46. The number of anilines is 1. The van der Waals surface area contributed by atoms with Crippen molar-refractivity contribution < 1.29 is 9.59 Å². The van der Waals surface area contributed by atoms with Gasteiger partial charge < -0.3 is 10.6 Å². The molecule has 0 fully saturated rings. The molecule has 1 aliphatic carbocycles. The highest BCUT2D eigenvalue weighted by molar-refractivity contribution is 6.39. The molecule has 0 saturated carbocycles. The number of carbonyl (C=O) groups is 2. The number of nitrogens with zero attached hydrogens (tertiary/aromatic N) is 2. The van der Waals surface area contributed by atoms with Crippen molar-refractivity contribution in [2.24, 2.45) is 7.05 Å². The molecule has 0 radical (unpaired) electrons. The van der Waals surface area contributed by atoms with Gasteiger partial charge in [-0.15, -0.1) is 0 Å². The van der Waals surface area contributed by atoms with Crippen molar-refractivity contribution in [1.29, 1.82) is 0 Å². The number of hydrogen-bond acceptors (Lipinski definition) is 3. The smallest absolute Gasteiger partial charge is 0.313 e. The summed E-state index contributed by atoms with van der Waals surface area (Å²) in [5.74, 6) is -1.26. The Morgan fingerprint density at radius 1 is 1.25 bits per heavy atom. The molecule has 1 aromatic heterocycles. The molecule has 1 heterocycles. The molecule has 1 unspecified atom stereocenters. The molecular weight excluding hydrogens is 304 g/mol. The molecule has 0 bridgehead atoms. The molecule has 2 N–H and O–H groups in total. The Labute approximate surface area is 141 Å². The lowest BCUT2D eigenvalue weighted by atomic mass is 9.93. The average Bonchev–Trinajstić information content (AvgIpc) is 2.98. The van der Waals surface area contributed by atoms with Crippen LogP contribution in [0.5, 0.6) is 0 Å². The lowest BCUT2D eigenvalue weighted by Crippen LogP contribution is -2.38. The van der Waals surface area contributed by atoms with Gasteiger partial charge in [-0.25, -0.2) is 0 Å². The van der Waals surface area contributed by atoms with E-state index in [-0.39, 0.29) is 6.04 Å². The maximum atomic E-state index is 12.2. The first-order valence-corrected chi connectivity index (χ1v) is 8.30. The third kappa shape index (κ3) is 3.32. The van der Waals surface area contributed by atoms with Crippen molar-refractivity contribution in [1.82, 2.24) is 15.1 Å². The van der Waals surface area contributed by atoms with Crippen LogP contribution in [-0.4, -0.2) is 21.6 Å². The molecule has 0 saturated heterocycles. The zero-order chi connectivity index (χ0) is 17.1. The van der Waals surface area contributed by atoms with Gasteiger partial charge in [-0.1, -0.05) is 19.1 Å². The molecule has 2 aromatic rings. The van der Waals surface area contributed by atoms with E-state index in [0.717, 1.165) is 36.9 Å². The first kappa shape index (κ1) is 16.2. The van der Waals surface area contributed by atoms with E-state index in [2.05, 4.69) is 22.7 Å². The Kier molecular flexibility index (Phi) is 4.64. The standard InChI is InChI=1S/C18H22N4O2/c1-3-12-7-9-13(10-8-12)20-17(23)18(24)21-15-5-4-6-16-14(15)11-19-22(16)2/h7-11,15H,3-6H2,1-2H3,(H,20,23)(H,21,24). The van der Waals surface area contributed by atoms with Gasteiger partial charge in [0.05, 0.1) is 12.2 Å². The molecule has 2 amide bonds. The van der Waals surface area contributed by atoms with Gasteiger partial charge >= 0.3 is 11.8 Å². The van der Waals surface area contributed by atoms with Crippen molar-refractivity contribution in [2.45, 2.75) is 38.6 Å². The van der Waals surface area contributed by atoms with E-state index in [1.165, 1.54) is 5.56 Å². The molecule has 24 heavy (non-hydrogen) atoms. The Bertz CT molecular complexity index is 749. The quantitative estimate of drug-likeness (QED) is 0.848. The third-order valence-corrected chi connectivity index (χ3v) is 4.51. The molecule has 1 atom stereocenters. The number of hydrogen-bond donors (Lipinski definition) is 2. The fourth-order valence-electron chi connectivity index (χ4n) is 3.09. The summed E-state index contributed by atoms with van der Waals surface area (Å²) in [5, 5.41) is 9.72. The lowest BCUT2D eigenvalue weighted by molar-refractivity contribution is -0.136. The molecular formula is C18H22N4O2. The first-order chi connectivity index (χ1) is 11.6. The molecule has 0 spiro atoms. The Balaban J connectivity index is 1.63. The molecule has 6 nitrogen and oxygen atoms in total. The van der Waals surface area contributed by atoms with E-state index in [4.69, 9.17) is 0 Å². The minimum Gasteiger partial charge on any atom is -0.341 e. The van der Waals surface area contributed by atoms with Crippen LogP contribution in [0.1, 0.15) is 42.6 Å². The van der Waals surface area contributed by atoms with Crippen LogP contribution in [0.4, 0.5) is 5.69 Å². The summed E-state index contributed by atoms with van der Waals surface area (Å²) in [4.78, 5) is 24.3. The van der Waals surface area contributed by atoms with Crippen LogP contribution in [0.15, 0.2) is 30.5 Å². The largest absolute Gasteiger partial charge is 0.341 e. The number of amides is 2. The topological polar surface area (TPSA) is 76.0 Å². The highest BCUT2D eigenvalue weighted by Crippen LogP contribution is 2.29. The van der Waals surface area contributed by atoms with Crippen molar-refractivity contribution in [2.75, 3.05) is 5.32 Å². The van der Waals surface area contributed by atoms with Gasteiger partial charge in [0.1, 0.15) is 0 Å². The van der Waals surface area contributed by atoms with Crippen molar-refractivity contribution >= 4 is 17.5 Å². The van der Waals surface area contributed by atoms with Crippen LogP contribution in [0.2, 0.25) is 0 Å². The van der Waals surface area contributed by atoms with Gasteiger partial charge in [0.2, 0.25) is 0 Å². The predicted octanol–water partition coefficient (Wildman–Crippen LogP) is 2.11. The fourth-order valence-corrected chi connectivity index (χ4v) is 3.09. The molecule has 3 rings (SSSR count). The van der Waals surface area contributed by atoms with E-state index in [9.17, 15) is 9.59 Å². The maximum absolute atomic E-state index is 12.2. The molecule has 6 heteroatoms. The molecule has 1 aromatic carbocycles. The van der Waals surface area contributed by atoms with E-state index < -0.39 is 11.8 Å². The van der Waals surface area contributed by atoms with E-state index in [0.29, 0.717) is 5.69 Å². The van der Waals surface area contributed by atoms with Crippen molar-refractivity contribution in [3.63, 3.8) is 0 Å². The number of benzene rings is 1. The minimum absolute atomic E-state index is 0.150. The minimum atomic E-state index is -0.643. The van der Waals surface area contributed by atoms with Gasteiger partial charge in [0, 0.05) is 24.0 Å². The van der Waals surface area contributed by atoms with E-state index in [1.54, 1.807) is 6.20 Å². The third-order valence-electron chi connectivity index (χ3n) is 4.51. The molecule has 0 aliphatic heterocycles. The van der Waals surface area contributed by atoms with Crippen LogP contribution in [0.25, 0.3) is 0 Å². The van der Waals surface area contributed by atoms with Crippen molar-refractivity contribution in [3.05, 3.63) is 47.3 Å². The van der Waals surface area contributed by atoms with Crippen LogP contribution < -0.4 is 10.6 Å². The number of fused-ring (bicyclic) bond motifs is 1. The number of rotatable bonds is 3. The van der Waals surface area contributed by atoms with Gasteiger partial charge in [-0.3, -0.25) is 14.3 Å². The monoisotopic (exact) mass is 326 g/mol. The van der Waals surface area contributed by atoms with Gasteiger partial charge in [-0.05, 0) is 43.4 Å². The summed E-state index contributed by atoms with van der Waals surface area (Å²) in [6, 6.07) is 7.35. The second kappa shape index (κ2) is 6.86. The summed E-state index contributed by atoms with van der Waals surface area (Å²) >= 11 is 0. The summed E-state index contributed by atoms with van der Waals surface area (Å²) < 4.78 is 1.84. The van der Waals surface area contributed by atoms with Gasteiger partial charge in [0.25, 0.3) is 0 Å². The molecule has 1 aliphatic rings. The van der Waals surface area contributed by atoms with Crippen molar-refractivity contribution in [3.8, 4) is 0 Å². The van der Waals surface area contributed by atoms with Crippen LogP contribution in [0, 0.1) is 0 Å². The number of aromatic nitrogens is 2. The lowest BCUT2D eigenvalue weighted by Gasteiger charge is -2.23. The predicted molar refractivity (Wildman–Crippen MR) is 91.5 cm³/mol. The van der Waals surface area contributed by atoms with E-state index >= 15 is 0 Å². The summed E-state index contributed by atoms with van der Waals surface area (Å²) in [7, 11) is 1.90. The van der Waals surface area contributed by atoms with Crippen LogP contribution in [-0.2, 0) is 29.5 Å². The second-order valence-corrected chi connectivity index (χ2v) is 6.09. The second-order valence-electron chi connectivity index (χ2n) is 6.09. The normalized spacial score (nSPS) is 16.3. The number of aryl methyl sites for hydroxylation is 2. The fraction of sp³-hybridized carbons (Fsp3) is 0.389. The maximum Gasteiger partial charge on any atom is 0.313 e. The van der Waals surface area contributed by atoms with Crippen LogP contribution >= 0.6 is 0 Å². The SMILES string of the molecule is CCc1ccc(NC(=O)C(=O)NC2CCCc3c2cnn3C)cc1. The Hall–Kier alpha value is -2.63. The van der Waals surface area contributed by atoms with Gasteiger partial charge in [-0.2, -0.15) is 5.10 Å². The summed E-state index contributed by atoms with van der Waals surface area (Å²) in [6.45, 7) is 2.07. The zero-order valence-corrected chi connectivity index (χ0v) is 14.0. The number of carbonyl (C=O) groups excluding carboxylic acids is 2. The molecule has 126 valence electrons. The summed E-state index contributed by atoms with van der Waals surface area (Å²) in [5.41, 5.74) is 3.95. The van der Waals surface area contributed by atoms with Crippen LogP contribution in [0.3, 0.4) is 0 Å². The Morgan fingerprint density at radius 2 is 2.00 bits per heavy atom. The number of nitrogens with one attached hydrogen (secondary N) is 2. The van der Waals surface area contributed by atoms with Gasteiger partial charge in [0.15, 0.2) is 0 Å². The van der Waals surface area contributed by atoms with E-state index in [1.807, 2.05) is 36.0 Å². The first-order valence-electron chi connectivity index (χ1n) is 8.30. The average molecular weight is 326 g/mol. The zero-order valence-electron chi connectivity index (χ0n) is 14.0. The Morgan fingerprint density at radius 3 is 2.71 bits per heavy atom. The highest BCUT2D eigenvalue weighted by Gasteiger charge is 2.26.